The molecule has 15 heavy (non-hydrogen) atoms. The molecule has 1 rings (SSSR count). The van der Waals surface area contributed by atoms with Crippen LogP contribution in [0.25, 0.3) is 0 Å². The van der Waals surface area contributed by atoms with Gasteiger partial charge in [0.05, 0.1) is 11.1 Å². The van der Waals surface area contributed by atoms with Crippen molar-refractivity contribution in [2.24, 2.45) is 5.92 Å². The van der Waals surface area contributed by atoms with E-state index >= 15 is 0 Å². The van der Waals surface area contributed by atoms with Crippen LogP contribution in [0.4, 0.5) is 0 Å². The summed E-state index contributed by atoms with van der Waals surface area (Å²) >= 11 is 8.00. The Hall–Kier alpha value is -0.600. The number of benzene rings is 1. The molecule has 0 saturated heterocycles. The Morgan fingerprint density at radius 2 is 2.33 bits per heavy atom. The van der Waals surface area contributed by atoms with Gasteiger partial charge < -0.3 is 0 Å². The van der Waals surface area contributed by atoms with Crippen LogP contribution in [0.5, 0.6) is 0 Å². The van der Waals surface area contributed by atoms with Gasteiger partial charge in [-0.3, -0.25) is 4.79 Å². The molecule has 0 radical (unpaired) electrons. The largest absolute Gasteiger partial charge is 0.293 e. The second kappa shape index (κ2) is 5.47. The summed E-state index contributed by atoms with van der Waals surface area (Å²) in [7, 11) is 0. The fraction of sp³-hybridized carbons (Fsp3) is 0.273. The number of nitriles is 1. The number of halogens is 2. The lowest BCUT2D eigenvalue weighted by atomic mass is 9.97. The van der Waals surface area contributed by atoms with Crippen LogP contribution in [0.1, 0.15) is 23.7 Å². The van der Waals surface area contributed by atoms with E-state index in [0.717, 1.165) is 3.57 Å². The van der Waals surface area contributed by atoms with Gasteiger partial charge in [-0.1, -0.05) is 24.6 Å². The molecule has 2 nitrogen and oxygen atoms in total. The summed E-state index contributed by atoms with van der Waals surface area (Å²) < 4.78 is 0.899. The fourth-order valence-corrected chi connectivity index (χ4v) is 1.70. The van der Waals surface area contributed by atoms with E-state index in [-0.39, 0.29) is 5.78 Å². The number of carbonyl (C=O) groups is 1. The maximum atomic E-state index is 11.8. The minimum atomic E-state index is -0.568. The van der Waals surface area contributed by atoms with E-state index in [1.165, 1.54) is 0 Å². The van der Waals surface area contributed by atoms with Crippen molar-refractivity contribution in [3.63, 3.8) is 0 Å². The van der Waals surface area contributed by atoms with Crippen LogP contribution in [0.15, 0.2) is 18.2 Å². The second-order valence-electron chi connectivity index (χ2n) is 3.08. The maximum absolute atomic E-state index is 11.8. The zero-order valence-electron chi connectivity index (χ0n) is 8.13. The number of ketones is 1. The van der Waals surface area contributed by atoms with Gasteiger partial charge in [-0.2, -0.15) is 5.26 Å². The number of Topliss-reactive ketones (excluding diaryl/α,β-unsaturated/α-hetero) is 1. The SMILES string of the molecule is CCC(C#N)C(=O)c1ccc(I)c(Cl)c1. The summed E-state index contributed by atoms with van der Waals surface area (Å²) in [5, 5.41) is 9.33. The van der Waals surface area contributed by atoms with E-state index in [1.807, 2.05) is 13.0 Å². The lowest BCUT2D eigenvalue weighted by Crippen LogP contribution is -2.11. The summed E-state index contributed by atoms with van der Waals surface area (Å²) in [4.78, 5) is 11.8. The van der Waals surface area contributed by atoms with Gasteiger partial charge >= 0.3 is 0 Å². The highest BCUT2D eigenvalue weighted by atomic mass is 127. The Balaban J connectivity index is 3.02. The van der Waals surface area contributed by atoms with E-state index in [1.54, 1.807) is 18.2 Å². The first kappa shape index (κ1) is 12.5. The van der Waals surface area contributed by atoms with Crippen molar-refractivity contribution in [2.45, 2.75) is 13.3 Å². The van der Waals surface area contributed by atoms with Gasteiger partial charge in [-0.15, -0.1) is 0 Å². The molecule has 0 aliphatic carbocycles. The quantitative estimate of drug-likeness (QED) is 0.625. The second-order valence-corrected chi connectivity index (χ2v) is 4.65. The molecule has 0 aliphatic heterocycles. The van der Waals surface area contributed by atoms with Crippen LogP contribution in [0, 0.1) is 20.8 Å². The van der Waals surface area contributed by atoms with Crippen LogP contribution >= 0.6 is 34.2 Å². The summed E-state index contributed by atoms with van der Waals surface area (Å²) in [5.74, 6) is -0.723. The van der Waals surface area contributed by atoms with Gasteiger partial charge in [-0.25, -0.2) is 0 Å². The molecular weight excluding hydrogens is 324 g/mol. The van der Waals surface area contributed by atoms with E-state index in [9.17, 15) is 4.79 Å². The highest BCUT2D eigenvalue weighted by Gasteiger charge is 2.17. The molecule has 0 spiro atoms. The average Bonchev–Trinajstić information content (AvgIpc) is 2.23. The van der Waals surface area contributed by atoms with Gasteiger partial charge in [0.2, 0.25) is 0 Å². The average molecular weight is 334 g/mol. The molecule has 1 atom stereocenters. The molecule has 0 saturated carbocycles. The third kappa shape index (κ3) is 2.93. The van der Waals surface area contributed by atoms with Gasteiger partial charge in [0.15, 0.2) is 5.78 Å². The molecule has 0 N–H and O–H groups in total. The summed E-state index contributed by atoms with van der Waals surface area (Å²) in [6, 6.07) is 7.09. The van der Waals surface area contributed by atoms with Crippen LogP contribution in [0.3, 0.4) is 0 Å². The van der Waals surface area contributed by atoms with Crippen LogP contribution in [-0.4, -0.2) is 5.78 Å². The Morgan fingerprint density at radius 1 is 1.67 bits per heavy atom. The lowest BCUT2D eigenvalue weighted by molar-refractivity contribution is 0.0946. The smallest absolute Gasteiger partial charge is 0.180 e. The third-order valence-electron chi connectivity index (χ3n) is 2.08. The predicted octanol–water partition coefficient (Wildman–Crippen LogP) is 3.68. The molecule has 1 aromatic carbocycles. The molecule has 0 aromatic heterocycles. The van der Waals surface area contributed by atoms with E-state index in [4.69, 9.17) is 16.9 Å². The standard InChI is InChI=1S/C11H9ClINO/c1-2-7(6-14)11(15)8-3-4-10(13)9(12)5-8/h3-5,7H,2H2,1H3. The molecule has 1 aromatic rings. The number of rotatable bonds is 3. The molecule has 78 valence electrons. The molecule has 0 amide bonds. The van der Waals surface area contributed by atoms with Crippen LogP contribution in [-0.2, 0) is 0 Å². The molecular formula is C11H9ClINO. The minimum absolute atomic E-state index is 0.154. The molecule has 0 aliphatic rings. The number of carbonyl (C=O) groups excluding carboxylic acids is 1. The summed E-state index contributed by atoms with van der Waals surface area (Å²) in [5.41, 5.74) is 0.508. The van der Waals surface area contributed by atoms with Gasteiger partial charge in [0.1, 0.15) is 5.92 Å². The minimum Gasteiger partial charge on any atom is -0.293 e. The topological polar surface area (TPSA) is 40.9 Å². The van der Waals surface area contributed by atoms with Crippen LogP contribution in [0.2, 0.25) is 5.02 Å². The molecule has 4 heteroatoms. The Kier molecular flexibility index (Phi) is 4.55. The zero-order valence-corrected chi connectivity index (χ0v) is 11.0. The van der Waals surface area contributed by atoms with Crippen molar-refractivity contribution < 1.29 is 4.79 Å². The van der Waals surface area contributed by atoms with Crippen molar-refractivity contribution in [1.29, 1.82) is 5.26 Å². The van der Waals surface area contributed by atoms with E-state index in [0.29, 0.717) is 17.0 Å². The fourth-order valence-electron chi connectivity index (χ4n) is 1.19. The Bertz CT molecular complexity index is 425. The van der Waals surface area contributed by atoms with Crippen molar-refractivity contribution in [2.75, 3.05) is 0 Å². The summed E-state index contributed by atoms with van der Waals surface area (Å²) in [6.45, 7) is 1.82. The van der Waals surface area contributed by atoms with Gasteiger partial charge in [0, 0.05) is 9.13 Å². The van der Waals surface area contributed by atoms with E-state index in [2.05, 4.69) is 22.6 Å². The van der Waals surface area contributed by atoms with Crippen LogP contribution < -0.4 is 0 Å². The lowest BCUT2D eigenvalue weighted by Gasteiger charge is -2.05. The predicted molar refractivity (Wildman–Crippen MR) is 67.9 cm³/mol. The maximum Gasteiger partial charge on any atom is 0.180 e. The monoisotopic (exact) mass is 333 g/mol. The Morgan fingerprint density at radius 3 is 2.80 bits per heavy atom. The first-order valence-corrected chi connectivity index (χ1v) is 5.94. The normalized spacial score (nSPS) is 11.9. The molecule has 0 fully saturated rings. The first-order valence-electron chi connectivity index (χ1n) is 4.49. The number of hydrogen-bond acceptors (Lipinski definition) is 2. The first-order chi connectivity index (χ1) is 7.10. The molecule has 0 bridgehead atoms. The van der Waals surface area contributed by atoms with Gasteiger partial charge in [-0.05, 0) is 41.1 Å². The zero-order chi connectivity index (χ0) is 11.4. The van der Waals surface area contributed by atoms with Crippen molar-refractivity contribution >= 4 is 40.0 Å². The van der Waals surface area contributed by atoms with Crippen molar-refractivity contribution in [3.05, 3.63) is 32.4 Å². The number of nitrogens with zero attached hydrogens (tertiary/aromatic N) is 1. The molecule has 1 unspecified atom stereocenters. The van der Waals surface area contributed by atoms with Crippen molar-refractivity contribution in [3.8, 4) is 6.07 Å². The van der Waals surface area contributed by atoms with Gasteiger partial charge in [0.25, 0.3) is 0 Å². The van der Waals surface area contributed by atoms with Crippen molar-refractivity contribution in [1.82, 2.24) is 0 Å². The molecule has 0 heterocycles. The summed E-state index contributed by atoms with van der Waals surface area (Å²) in [6.07, 6.45) is 0.527. The highest BCUT2D eigenvalue weighted by molar-refractivity contribution is 14.1. The van der Waals surface area contributed by atoms with E-state index < -0.39 is 5.92 Å². The highest BCUT2D eigenvalue weighted by Crippen LogP contribution is 2.21. The Labute approximate surface area is 107 Å². The third-order valence-corrected chi connectivity index (χ3v) is 3.66. The number of hydrogen-bond donors (Lipinski definition) is 0.